The highest BCUT2D eigenvalue weighted by molar-refractivity contribution is 6.64. The molecule has 22 nitrogen and oxygen atoms in total. The fourth-order valence-corrected chi connectivity index (χ4v) is 6.91. The molecule has 6 rings (SSSR count). The van der Waals surface area contributed by atoms with Crippen LogP contribution in [-0.2, 0) is 52.6 Å². The van der Waals surface area contributed by atoms with E-state index in [0.29, 0.717) is 71.1 Å². The number of ether oxygens (including phenoxy) is 2. The first kappa shape index (κ1) is 52.1. The molecule has 352 valence electrons. The molecule has 0 radical (unpaired) electrons. The van der Waals surface area contributed by atoms with Gasteiger partial charge >= 0.3 is 12.2 Å². The molecule has 6 aliphatic rings. The van der Waals surface area contributed by atoms with Gasteiger partial charge in [-0.2, -0.15) is 0 Å². The molecule has 6 heterocycles. The highest BCUT2D eigenvalue weighted by Crippen LogP contribution is 2.22. The van der Waals surface area contributed by atoms with Crippen molar-refractivity contribution in [1.82, 2.24) is 41.7 Å². The molecule has 6 fully saturated rings. The van der Waals surface area contributed by atoms with Gasteiger partial charge in [0.2, 0.25) is 52.5 Å². The minimum Gasteiger partial charge on any atom is -0.444 e. The van der Waals surface area contributed by atoms with Gasteiger partial charge in [-0.05, 0) is 98.2 Å². The molecule has 0 aromatic carbocycles. The first-order valence-corrected chi connectivity index (χ1v) is 21.4. The maximum Gasteiger partial charge on any atom is 0.410 e. The summed E-state index contributed by atoms with van der Waals surface area (Å²) in [5.41, 5.74) is 4.20. The monoisotopic (exact) mass is 911 g/mol. The van der Waals surface area contributed by atoms with Crippen LogP contribution in [0.1, 0.15) is 99.3 Å². The van der Waals surface area contributed by atoms with Gasteiger partial charge in [-0.25, -0.2) is 9.59 Å². The van der Waals surface area contributed by atoms with Crippen LogP contribution in [0.2, 0.25) is 0 Å². The van der Waals surface area contributed by atoms with E-state index < -0.39 is 47.2 Å². The van der Waals surface area contributed by atoms with E-state index in [1.165, 1.54) is 9.80 Å². The summed E-state index contributed by atoms with van der Waals surface area (Å²) in [6.07, 6.45) is 3.20. The number of halogens is 1. The fraction of sp³-hybridized carbons (Fsp3) is 0.725. The molecule has 0 spiro atoms. The first-order valence-electron chi connectivity index (χ1n) is 21.0. The zero-order valence-corrected chi connectivity index (χ0v) is 37.5. The van der Waals surface area contributed by atoms with Gasteiger partial charge in [0.1, 0.15) is 23.3 Å². The molecule has 6 saturated heterocycles. The molecule has 6 aliphatic heterocycles. The molecule has 8 N–H and O–H groups in total. The Kier molecular flexibility index (Phi) is 19.4. The van der Waals surface area contributed by atoms with Crippen LogP contribution in [0, 0.1) is 17.8 Å². The predicted octanol–water partition coefficient (Wildman–Crippen LogP) is -0.559. The van der Waals surface area contributed by atoms with Crippen LogP contribution in [0.15, 0.2) is 0 Å². The Labute approximate surface area is 370 Å². The molecule has 6 atom stereocenters. The summed E-state index contributed by atoms with van der Waals surface area (Å²) < 4.78 is 10.5. The van der Waals surface area contributed by atoms with Crippen LogP contribution in [0.25, 0.3) is 0 Å². The molecule has 0 aromatic rings. The zero-order chi connectivity index (χ0) is 47.2. The number of carbonyl (C=O) groups is 11. The van der Waals surface area contributed by atoms with Gasteiger partial charge in [0.25, 0.3) is 0 Å². The number of imide groups is 3. The smallest absolute Gasteiger partial charge is 0.410 e. The summed E-state index contributed by atoms with van der Waals surface area (Å²) in [5, 5.41) is 14.6. The largest absolute Gasteiger partial charge is 0.444 e. The Hall–Kier alpha value is -5.22. The third-order valence-electron chi connectivity index (χ3n) is 10.2. The number of hydrogen-bond acceptors (Lipinski definition) is 15. The van der Waals surface area contributed by atoms with Gasteiger partial charge < -0.3 is 41.0 Å². The number of hydrogen-bond donors (Lipinski definition) is 7. The Morgan fingerprint density at radius 3 is 1.38 bits per heavy atom. The van der Waals surface area contributed by atoms with Crippen molar-refractivity contribution >= 4 is 76.3 Å². The van der Waals surface area contributed by atoms with Crippen LogP contribution in [0.5, 0.6) is 0 Å². The third-order valence-corrected chi connectivity index (χ3v) is 10.5. The SMILES string of the molecule is CC(C)(C)OC(=O)N1CCC(C(=O)Cl)C1.CC(C)(C)OC(=O)N1CCC(C(=O)NC2CCC(=O)NC2=O)C1.NC1CCC(=O)NC1=O.O=C1CCC(NC(=O)C2CCNC2)C(=O)N1. The van der Waals surface area contributed by atoms with Gasteiger partial charge in [0, 0.05) is 52.0 Å². The number of nitrogens with zero attached hydrogens (tertiary/aromatic N) is 2. The lowest BCUT2D eigenvalue weighted by Gasteiger charge is -2.25. The average molecular weight is 912 g/mol. The third kappa shape index (κ3) is 18.2. The number of piperidine rings is 3. The van der Waals surface area contributed by atoms with Gasteiger partial charge in [-0.1, -0.05) is 0 Å². The van der Waals surface area contributed by atoms with Crippen molar-refractivity contribution in [1.29, 1.82) is 0 Å². The zero-order valence-electron chi connectivity index (χ0n) is 36.7. The van der Waals surface area contributed by atoms with E-state index in [1.54, 1.807) is 20.8 Å². The van der Waals surface area contributed by atoms with Crippen molar-refractivity contribution < 1.29 is 62.2 Å². The molecule has 0 bridgehead atoms. The quantitative estimate of drug-likeness (QED) is 0.134. The fourth-order valence-electron chi connectivity index (χ4n) is 6.73. The second-order valence-corrected chi connectivity index (χ2v) is 18.3. The maximum absolute atomic E-state index is 12.2. The molecule has 23 heteroatoms. The van der Waals surface area contributed by atoms with E-state index in [0.717, 1.165) is 13.0 Å². The lowest BCUT2D eigenvalue weighted by atomic mass is 10.0. The van der Waals surface area contributed by atoms with E-state index in [-0.39, 0.29) is 77.5 Å². The van der Waals surface area contributed by atoms with E-state index >= 15 is 0 Å². The molecule has 63 heavy (non-hydrogen) atoms. The second kappa shape index (κ2) is 23.5. The summed E-state index contributed by atoms with van der Waals surface area (Å²) in [4.78, 5) is 127. The van der Waals surface area contributed by atoms with Gasteiger partial charge in [0.15, 0.2) is 0 Å². The summed E-state index contributed by atoms with van der Waals surface area (Å²) in [7, 11) is 0. The first-order chi connectivity index (χ1) is 29.3. The second-order valence-electron chi connectivity index (χ2n) is 17.9. The standard InChI is InChI=1S/C15H23N3O5.C10H16ClNO3.C10H15N3O3.C5H8N2O2/c1-15(2,3)23-14(22)18-7-6-9(8-18)12(20)16-10-4-5-11(19)17-13(10)21;1-10(2,3)15-9(14)12-5-4-7(6-12)8(11)13;14-8-2-1-7(10(16)13-8)12-9(15)6-3-4-11-5-6;6-3-1-2-4(8)7-5(3)9/h9-10H,4-8H2,1-3H3,(H,16,20)(H,17,19,21);7H,4-6H2,1-3H3;6-7,11H,1-5H2,(H,12,15)(H,13,14,16);3H,1-2,6H2,(H,7,8,9). The number of likely N-dealkylation sites (tertiary alicyclic amines) is 2. The Morgan fingerprint density at radius 2 is 1.02 bits per heavy atom. The highest BCUT2D eigenvalue weighted by Gasteiger charge is 2.37. The average Bonchev–Trinajstić information content (AvgIpc) is 3.98. The molecule has 6 unspecified atom stereocenters. The van der Waals surface area contributed by atoms with Crippen LogP contribution < -0.4 is 37.6 Å². The van der Waals surface area contributed by atoms with E-state index in [1.807, 2.05) is 20.8 Å². The van der Waals surface area contributed by atoms with Crippen LogP contribution >= 0.6 is 11.6 Å². The molecule has 0 aliphatic carbocycles. The van der Waals surface area contributed by atoms with Crippen LogP contribution in [0.3, 0.4) is 0 Å². The molecule has 10 amide bonds. The number of nitrogens with one attached hydrogen (secondary N) is 6. The number of rotatable bonds is 5. The van der Waals surface area contributed by atoms with Crippen molar-refractivity contribution in [2.45, 2.75) is 129 Å². The lowest BCUT2D eigenvalue weighted by Crippen LogP contribution is -2.53. The van der Waals surface area contributed by atoms with E-state index in [9.17, 15) is 52.7 Å². The van der Waals surface area contributed by atoms with Gasteiger partial charge in [-0.15, -0.1) is 0 Å². The Balaban J connectivity index is 0.000000234. The lowest BCUT2D eigenvalue weighted by molar-refractivity contribution is -0.138. The maximum atomic E-state index is 12.2. The minimum atomic E-state index is -0.684. The van der Waals surface area contributed by atoms with Crippen LogP contribution in [0.4, 0.5) is 9.59 Å². The molecule has 0 aromatic heterocycles. The van der Waals surface area contributed by atoms with Crippen molar-refractivity contribution in [2.75, 3.05) is 39.3 Å². The summed E-state index contributed by atoms with van der Waals surface area (Å²) >= 11 is 5.37. The molecular weight excluding hydrogens is 850 g/mol. The van der Waals surface area contributed by atoms with Crippen molar-refractivity contribution in [3.8, 4) is 0 Å². The molecular formula is C40H62ClN9O13. The van der Waals surface area contributed by atoms with Crippen molar-refractivity contribution in [3.05, 3.63) is 0 Å². The Bertz CT molecular complexity index is 1760. The van der Waals surface area contributed by atoms with Crippen molar-refractivity contribution in [2.24, 2.45) is 23.5 Å². The van der Waals surface area contributed by atoms with E-state index in [2.05, 4.69) is 31.9 Å². The van der Waals surface area contributed by atoms with Crippen molar-refractivity contribution in [3.63, 3.8) is 0 Å². The normalized spacial score (nSPS) is 25.9. The van der Waals surface area contributed by atoms with Gasteiger partial charge in [0.05, 0.1) is 23.8 Å². The summed E-state index contributed by atoms with van der Waals surface area (Å²) in [6.45, 7) is 13.9. The minimum absolute atomic E-state index is 0.0505. The van der Waals surface area contributed by atoms with Gasteiger partial charge in [-0.3, -0.25) is 59.1 Å². The summed E-state index contributed by atoms with van der Waals surface area (Å²) in [5.74, 6) is -3.06. The number of amides is 10. The molecule has 0 saturated carbocycles. The number of nitrogens with two attached hydrogens (primary N) is 1. The number of carbonyl (C=O) groups excluding carboxylic acids is 11. The van der Waals surface area contributed by atoms with E-state index in [4.69, 9.17) is 26.8 Å². The summed E-state index contributed by atoms with van der Waals surface area (Å²) in [6, 6.07) is -1.72. The highest BCUT2D eigenvalue weighted by atomic mass is 35.5. The predicted molar refractivity (Wildman–Crippen MR) is 223 cm³/mol. The Morgan fingerprint density at radius 1 is 0.603 bits per heavy atom. The topological polar surface area (TPSA) is 311 Å². The van der Waals surface area contributed by atoms with Crippen LogP contribution in [-0.4, -0.2) is 143 Å².